The van der Waals surface area contributed by atoms with Crippen LogP contribution >= 0.6 is 0 Å². The van der Waals surface area contributed by atoms with Crippen LogP contribution in [0.5, 0.6) is 0 Å². The molecule has 0 spiro atoms. The summed E-state index contributed by atoms with van der Waals surface area (Å²) in [4.78, 5) is 17.2. The lowest BCUT2D eigenvalue weighted by Crippen LogP contribution is -2.51. The zero-order valence-corrected chi connectivity index (χ0v) is 13.5. The second-order valence-corrected chi connectivity index (χ2v) is 6.40. The van der Waals surface area contributed by atoms with Gasteiger partial charge in [-0.2, -0.15) is 0 Å². The maximum absolute atomic E-state index is 12.6. The molecule has 0 atom stereocenters. The van der Waals surface area contributed by atoms with Crippen molar-refractivity contribution in [2.45, 2.75) is 38.3 Å². The number of nitrogens with zero attached hydrogens (tertiary/aromatic N) is 2. The minimum absolute atomic E-state index is 0.162. The van der Waals surface area contributed by atoms with E-state index in [2.05, 4.69) is 4.90 Å². The van der Waals surface area contributed by atoms with E-state index in [1.54, 1.807) is 7.11 Å². The van der Waals surface area contributed by atoms with Gasteiger partial charge in [-0.1, -0.05) is 25.0 Å². The van der Waals surface area contributed by atoms with Gasteiger partial charge >= 0.3 is 0 Å². The van der Waals surface area contributed by atoms with Crippen LogP contribution < -0.4 is 0 Å². The smallest absolute Gasteiger partial charge is 0.253 e. The number of rotatable bonds is 4. The van der Waals surface area contributed by atoms with Crippen LogP contribution in [-0.2, 0) is 11.3 Å². The third kappa shape index (κ3) is 3.50. The molecule has 22 heavy (non-hydrogen) atoms. The summed E-state index contributed by atoms with van der Waals surface area (Å²) in [5.74, 6) is 0.162. The van der Waals surface area contributed by atoms with Crippen LogP contribution in [0, 0.1) is 0 Å². The molecule has 1 aliphatic carbocycles. The van der Waals surface area contributed by atoms with Crippen molar-refractivity contribution in [1.29, 1.82) is 0 Å². The molecule has 3 rings (SSSR count). The molecule has 1 aliphatic heterocycles. The van der Waals surface area contributed by atoms with E-state index in [0.717, 1.165) is 43.3 Å². The first-order valence-electron chi connectivity index (χ1n) is 8.39. The highest BCUT2D eigenvalue weighted by atomic mass is 16.5. The number of hydrogen-bond acceptors (Lipinski definition) is 3. The molecule has 2 fully saturated rings. The van der Waals surface area contributed by atoms with E-state index in [1.807, 2.05) is 29.2 Å². The van der Waals surface area contributed by atoms with Crippen LogP contribution in [0.15, 0.2) is 24.3 Å². The maximum atomic E-state index is 12.6. The van der Waals surface area contributed by atoms with Crippen LogP contribution in [0.1, 0.15) is 41.6 Å². The number of amides is 1. The molecule has 4 nitrogen and oxygen atoms in total. The molecular formula is C18H26N2O2. The number of hydrogen-bond donors (Lipinski definition) is 0. The Morgan fingerprint density at radius 1 is 1.09 bits per heavy atom. The van der Waals surface area contributed by atoms with Crippen molar-refractivity contribution in [1.82, 2.24) is 9.80 Å². The van der Waals surface area contributed by atoms with Crippen molar-refractivity contribution in [3.8, 4) is 0 Å². The van der Waals surface area contributed by atoms with Crippen molar-refractivity contribution in [2.75, 3.05) is 33.3 Å². The van der Waals surface area contributed by atoms with Gasteiger partial charge in [0, 0.05) is 44.9 Å². The molecule has 2 aliphatic rings. The molecule has 0 aromatic heterocycles. The molecule has 0 N–H and O–H groups in total. The van der Waals surface area contributed by atoms with Gasteiger partial charge in [-0.3, -0.25) is 9.69 Å². The molecular weight excluding hydrogens is 276 g/mol. The quantitative estimate of drug-likeness (QED) is 0.857. The molecule has 0 unspecified atom stereocenters. The van der Waals surface area contributed by atoms with E-state index in [0.29, 0.717) is 6.61 Å². The SMILES string of the molecule is COCc1ccc(C(=O)N2CCN(C3CCCC3)CC2)cc1. The average Bonchev–Trinajstić information content (AvgIpc) is 3.10. The number of ether oxygens (including phenoxy) is 1. The van der Waals surface area contributed by atoms with Gasteiger partial charge in [-0.05, 0) is 30.5 Å². The van der Waals surface area contributed by atoms with Gasteiger partial charge in [0.1, 0.15) is 0 Å². The first-order valence-corrected chi connectivity index (χ1v) is 8.39. The Bertz CT molecular complexity index is 486. The summed E-state index contributed by atoms with van der Waals surface area (Å²) in [6.07, 6.45) is 5.43. The molecule has 4 heteroatoms. The minimum Gasteiger partial charge on any atom is -0.380 e. The fraction of sp³-hybridized carbons (Fsp3) is 0.611. The van der Waals surface area contributed by atoms with Crippen LogP contribution in [-0.4, -0.2) is 55.0 Å². The molecule has 1 aromatic carbocycles. The van der Waals surface area contributed by atoms with Crippen molar-refractivity contribution in [2.24, 2.45) is 0 Å². The topological polar surface area (TPSA) is 32.8 Å². The van der Waals surface area contributed by atoms with Gasteiger partial charge in [0.2, 0.25) is 0 Å². The molecule has 0 bridgehead atoms. The summed E-state index contributed by atoms with van der Waals surface area (Å²) in [7, 11) is 1.68. The zero-order valence-electron chi connectivity index (χ0n) is 13.5. The highest BCUT2D eigenvalue weighted by Gasteiger charge is 2.28. The fourth-order valence-electron chi connectivity index (χ4n) is 3.65. The second kappa shape index (κ2) is 7.25. The molecule has 1 amide bonds. The lowest BCUT2D eigenvalue weighted by molar-refractivity contribution is 0.0573. The van der Waals surface area contributed by atoms with Crippen molar-refractivity contribution in [3.05, 3.63) is 35.4 Å². The van der Waals surface area contributed by atoms with Gasteiger partial charge in [0.05, 0.1) is 6.61 Å². The second-order valence-electron chi connectivity index (χ2n) is 6.40. The van der Waals surface area contributed by atoms with Crippen LogP contribution in [0.3, 0.4) is 0 Å². The van der Waals surface area contributed by atoms with E-state index in [1.165, 1.54) is 25.7 Å². The van der Waals surface area contributed by atoms with Gasteiger partial charge in [0.25, 0.3) is 5.91 Å². The summed E-state index contributed by atoms with van der Waals surface area (Å²) in [6.45, 7) is 4.36. The third-order valence-electron chi connectivity index (χ3n) is 4.95. The summed E-state index contributed by atoms with van der Waals surface area (Å²) in [5, 5.41) is 0. The molecule has 1 aromatic rings. The molecule has 1 heterocycles. The number of carbonyl (C=O) groups is 1. The normalized spacial score (nSPS) is 20.5. The van der Waals surface area contributed by atoms with E-state index in [4.69, 9.17) is 4.74 Å². The van der Waals surface area contributed by atoms with Gasteiger partial charge < -0.3 is 9.64 Å². The lowest BCUT2D eigenvalue weighted by atomic mass is 10.1. The van der Waals surface area contributed by atoms with Gasteiger partial charge in [0.15, 0.2) is 0 Å². The minimum atomic E-state index is 0.162. The Balaban J connectivity index is 1.54. The van der Waals surface area contributed by atoms with Gasteiger partial charge in [-0.25, -0.2) is 0 Å². The summed E-state index contributed by atoms with van der Waals surface area (Å²) in [6, 6.07) is 8.56. The largest absolute Gasteiger partial charge is 0.380 e. The summed E-state index contributed by atoms with van der Waals surface area (Å²) >= 11 is 0. The molecule has 0 radical (unpaired) electrons. The predicted molar refractivity (Wildman–Crippen MR) is 86.9 cm³/mol. The van der Waals surface area contributed by atoms with Crippen molar-refractivity contribution in [3.63, 3.8) is 0 Å². The molecule has 120 valence electrons. The van der Waals surface area contributed by atoms with Gasteiger partial charge in [-0.15, -0.1) is 0 Å². The third-order valence-corrected chi connectivity index (χ3v) is 4.95. The van der Waals surface area contributed by atoms with Crippen molar-refractivity contribution < 1.29 is 9.53 Å². The maximum Gasteiger partial charge on any atom is 0.253 e. The number of carbonyl (C=O) groups excluding carboxylic acids is 1. The Labute approximate surface area is 133 Å². The van der Waals surface area contributed by atoms with E-state index in [9.17, 15) is 4.79 Å². The Morgan fingerprint density at radius 3 is 2.32 bits per heavy atom. The van der Waals surface area contributed by atoms with E-state index >= 15 is 0 Å². The Morgan fingerprint density at radius 2 is 1.73 bits per heavy atom. The average molecular weight is 302 g/mol. The van der Waals surface area contributed by atoms with E-state index in [-0.39, 0.29) is 5.91 Å². The molecule has 1 saturated carbocycles. The first kappa shape index (κ1) is 15.5. The van der Waals surface area contributed by atoms with Crippen LogP contribution in [0.2, 0.25) is 0 Å². The monoisotopic (exact) mass is 302 g/mol. The predicted octanol–water partition coefficient (Wildman–Crippen LogP) is 2.53. The summed E-state index contributed by atoms with van der Waals surface area (Å²) < 4.78 is 5.10. The zero-order chi connectivity index (χ0) is 15.4. The number of methoxy groups -OCH3 is 1. The Kier molecular flexibility index (Phi) is 5.11. The highest BCUT2D eigenvalue weighted by molar-refractivity contribution is 5.94. The lowest BCUT2D eigenvalue weighted by Gasteiger charge is -2.38. The number of piperazine rings is 1. The standard InChI is InChI=1S/C18H26N2O2/c1-22-14-15-6-8-16(9-7-15)18(21)20-12-10-19(11-13-20)17-4-2-3-5-17/h6-9,17H,2-5,10-14H2,1H3. The highest BCUT2D eigenvalue weighted by Crippen LogP contribution is 2.24. The van der Waals surface area contributed by atoms with Crippen LogP contribution in [0.25, 0.3) is 0 Å². The van der Waals surface area contributed by atoms with Crippen LogP contribution in [0.4, 0.5) is 0 Å². The number of benzene rings is 1. The summed E-state index contributed by atoms with van der Waals surface area (Å²) in [5.41, 5.74) is 1.89. The first-order chi connectivity index (χ1) is 10.8. The fourth-order valence-corrected chi connectivity index (χ4v) is 3.65. The Hall–Kier alpha value is -1.39. The van der Waals surface area contributed by atoms with E-state index < -0.39 is 0 Å². The van der Waals surface area contributed by atoms with Crippen molar-refractivity contribution >= 4 is 5.91 Å². The molecule has 1 saturated heterocycles.